The van der Waals surface area contributed by atoms with E-state index in [0.717, 1.165) is 0 Å². The van der Waals surface area contributed by atoms with Crippen molar-refractivity contribution in [2.24, 2.45) is 5.41 Å². The molecule has 0 saturated carbocycles. The van der Waals surface area contributed by atoms with Crippen molar-refractivity contribution in [2.75, 3.05) is 7.11 Å². The fraction of sp³-hybridized carbons (Fsp3) is 0.889. The van der Waals surface area contributed by atoms with Crippen LogP contribution >= 0.6 is 0 Å². The minimum atomic E-state index is -0.229. The smallest absolute Gasteiger partial charge is 0.140 e. The van der Waals surface area contributed by atoms with Crippen LogP contribution in [0.25, 0.3) is 0 Å². The van der Waals surface area contributed by atoms with E-state index in [1.807, 2.05) is 27.7 Å². The molecule has 0 aliphatic heterocycles. The Labute approximate surface area is 68.9 Å². The number of hydrogen-bond acceptors (Lipinski definition) is 2. The number of ketones is 1. The maximum atomic E-state index is 11.4. The molecule has 0 heterocycles. The zero-order chi connectivity index (χ0) is 9.07. The molecule has 0 bridgehead atoms. The number of carbonyl (C=O) groups excluding carboxylic acids is 1. The number of rotatable bonds is 3. The summed E-state index contributed by atoms with van der Waals surface area (Å²) in [5.41, 5.74) is -0.229. The van der Waals surface area contributed by atoms with Crippen LogP contribution in [0.2, 0.25) is 0 Å². The SMILES string of the molecule is COC(C)CC(=O)C(C)(C)C. The topological polar surface area (TPSA) is 26.3 Å². The van der Waals surface area contributed by atoms with E-state index in [2.05, 4.69) is 0 Å². The summed E-state index contributed by atoms with van der Waals surface area (Å²) in [4.78, 5) is 11.4. The van der Waals surface area contributed by atoms with Crippen molar-refractivity contribution in [1.82, 2.24) is 0 Å². The maximum Gasteiger partial charge on any atom is 0.140 e. The Morgan fingerprint density at radius 2 is 1.91 bits per heavy atom. The van der Waals surface area contributed by atoms with Crippen LogP contribution in [0.5, 0.6) is 0 Å². The van der Waals surface area contributed by atoms with Crippen molar-refractivity contribution < 1.29 is 9.53 Å². The van der Waals surface area contributed by atoms with Crippen molar-refractivity contribution in [3.05, 3.63) is 0 Å². The van der Waals surface area contributed by atoms with Crippen molar-refractivity contribution in [2.45, 2.75) is 40.2 Å². The monoisotopic (exact) mass is 158 g/mol. The molecule has 0 aromatic carbocycles. The lowest BCUT2D eigenvalue weighted by Gasteiger charge is -2.18. The van der Waals surface area contributed by atoms with Crippen molar-refractivity contribution >= 4 is 5.78 Å². The summed E-state index contributed by atoms with van der Waals surface area (Å²) in [6.07, 6.45) is 0.557. The third-order valence-corrected chi connectivity index (χ3v) is 1.71. The molecular weight excluding hydrogens is 140 g/mol. The Morgan fingerprint density at radius 1 is 1.45 bits per heavy atom. The van der Waals surface area contributed by atoms with E-state index < -0.39 is 0 Å². The van der Waals surface area contributed by atoms with E-state index in [1.165, 1.54) is 0 Å². The van der Waals surface area contributed by atoms with Gasteiger partial charge in [0.2, 0.25) is 0 Å². The number of carbonyl (C=O) groups is 1. The molecule has 0 aromatic heterocycles. The van der Waals surface area contributed by atoms with Crippen LogP contribution in [0, 0.1) is 5.41 Å². The number of ether oxygens (including phenoxy) is 1. The lowest BCUT2D eigenvalue weighted by Crippen LogP contribution is -2.24. The maximum absolute atomic E-state index is 11.4. The third-order valence-electron chi connectivity index (χ3n) is 1.71. The lowest BCUT2D eigenvalue weighted by molar-refractivity contribution is -0.128. The van der Waals surface area contributed by atoms with E-state index in [0.29, 0.717) is 6.42 Å². The van der Waals surface area contributed by atoms with Crippen LogP contribution in [0.4, 0.5) is 0 Å². The average molecular weight is 158 g/mol. The normalized spacial score (nSPS) is 14.6. The summed E-state index contributed by atoms with van der Waals surface area (Å²) >= 11 is 0. The first kappa shape index (κ1) is 10.6. The third kappa shape index (κ3) is 4.14. The van der Waals surface area contributed by atoms with Crippen molar-refractivity contribution in [3.63, 3.8) is 0 Å². The van der Waals surface area contributed by atoms with E-state index in [4.69, 9.17) is 4.74 Å². The predicted molar refractivity (Wildman–Crippen MR) is 45.6 cm³/mol. The van der Waals surface area contributed by atoms with Crippen LogP contribution < -0.4 is 0 Å². The van der Waals surface area contributed by atoms with Crippen LogP contribution in [0.1, 0.15) is 34.1 Å². The molecule has 0 aromatic rings. The highest BCUT2D eigenvalue weighted by atomic mass is 16.5. The molecule has 1 atom stereocenters. The summed E-state index contributed by atoms with van der Waals surface area (Å²) in [7, 11) is 1.63. The second-order valence-electron chi connectivity index (χ2n) is 3.92. The van der Waals surface area contributed by atoms with Crippen LogP contribution in [0.3, 0.4) is 0 Å². The molecule has 2 heteroatoms. The highest BCUT2D eigenvalue weighted by Crippen LogP contribution is 2.18. The van der Waals surface area contributed by atoms with Gasteiger partial charge in [-0.3, -0.25) is 4.79 Å². The average Bonchev–Trinajstić information content (AvgIpc) is 1.85. The fourth-order valence-corrected chi connectivity index (χ4v) is 0.651. The molecule has 1 unspecified atom stereocenters. The molecule has 0 aliphatic rings. The van der Waals surface area contributed by atoms with E-state index >= 15 is 0 Å². The molecule has 0 rings (SSSR count). The first-order valence-corrected chi connectivity index (χ1v) is 3.94. The van der Waals surface area contributed by atoms with Gasteiger partial charge in [-0.05, 0) is 6.92 Å². The fourth-order valence-electron chi connectivity index (χ4n) is 0.651. The molecule has 0 fully saturated rings. The molecule has 2 nitrogen and oxygen atoms in total. The van der Waals surface area contributed by atoms with Crippen molar-refractivity contribution in [3.8, 4) is 0 Å². The van der Waals surface area contributed by atoms with Gasteiger partial charge in [-0.25, -0.2) is 0 Å². The minimum absolute atomic E-state index is 0.0433. The van der Waals surface area contributed by atoms with Gasteiger partial charge in [-0.2, -0.15) is 0 Å². The van der Waals surface area contributed by atoms with Gasteiger partial charge in [0.25, 0.3) is 0 Å². The zero-order valence-electron chi connectivity index (χ0n) is 8.10. The molecule has 11 heavy (non-hydrogen) atoms. The predicted octanol–water partition coefficient (Wildman–Crippen LogP) is 2.03. The number of hydrogen-bond donors (Lipinski definition) is 0. The van der Waals surface area contributed by atoms with Gasteiger partial charge in [-0.15, -0.1) is 0 Å². The van der Waals surface area contributed by atoms with E-state index in [9.17, 15) is 4.79 Å². The molecule has 0 N–H and O–H groups in total. The Kier molecular flexibility index (Phi) is 3.73. The largest absolute Gasteiger partial charge is 0.381 e. The Hall–Kier alpha value is -0.370. The molecule has 0 aliphatic carbocycles. The Morgan fingerprint density at radius 3 is 2.18 bits per heavy atom. The second-order valence-corrected chi connectivity index (χ2v) is 3.92. The first-order valence-electron chi connectivity index (χ1n) is 3.94. The standard InChI is InChI=1S/C9H18O2/c1-7(11-5)6-8(10)9(2,3)4/h7H,6H2,1-5H3. The summed E-state index contributed by atoms with van der Waals surface area (Å²) < 4.78 is 5.00. The van der Waals surface area contributed by atoms with Gasteiger partial charge in [0.1, 0.15) is 5.78 Å². The van der Waals surface area contributed by atoms with E-state index in [-0.39, 0.29) is 17.3 Å². The van der Waals surface area contributed by atoms with Crippen LogP contribution in [-0.2, 0) is 9.53 Å². The van der Waals surface area contributed by atoms with Gasteiger partial charge in [-0.1, -0.05) is 20.8 Å². The second kappa shape index (κ2) is 3.86. The van der Waals surface area contributed by atoms with Gasteiger partial charge in [0.15, 0.2) is 0 Å². The first-order chi connectivity index (χ1) is 4.88. The highest BCUT2D eigenvalue weighted by Gasteiger charge is 2.22. The number of Topliss-reactive ketones (excluding diaryl/α,β-unsaturated/α-hetero) is 1. The molecule has 66 valence electrons. The zero-order valence-corrected chi connectivity index (χ0v) is 8.10. The Bertz CT molecular complexity index is 133. The van der Waals surface area contributed by atoms with Gasteiger partial charge < -0.3 is 4.74 Å². The summed E-state index contributed by atoms with van der Waals surface area (Å²) in [5.74, 6) is 0.256. The summed E-state index contributed by atoms with van der Waals surface area (Å²) in [5, 5.41) is 0. The number of methoxy groups -OCH3 is 1. The van der Waals surface area contributed by atoms with Crippen LogP contribution in [0.15, 0.2) is 0 Å². The van der Waals surface area contributed by atoms with E-state index in [1.54, 1.807) is 7.11 Å². The van der Waals surface area contributed by atoms with Gasteiger partial charge >= 0.3 is 0 Å². The molecule has 0 radical (unpaired) electrons. The molecule has 0 spiro atoms. The highest BCUT2D eigenvalue weighted by molar-refractivity contribution is 5.83. The summed E-state index contributed by atoms with van der Waals surface area (Å²) in [6.45, 7) is 7.69. The van der Waals surface area contributed by atoms with Gasteiger partial charge in [0, 0.05) is 18.9 Å². The quantitative estimate of drug-likeness (QED) is 0.628. The molecular formula is C9H18O2. The molecule has 0 saturated heterocycles. The summed E-state index contributed by atoms with van der Waals surface area (Å²) in [6, 6.07) is 0. The van der Waals surface area contributed by atoms with Crippen LogP contribution in [-0.4, -0.2) is 19.0 Å². The lowest BCUT2D eigenvalue weighted by atomic mass is 9.88. The van der Waals surface area contributed by atoms with Crippen molar-refractivity contribution in [1.29, 1.82) is 0 Å². The minimum Gasteiger partial charge on any atom is -0.381 e. The molecule has 0 amide bonds. The Balaban J connectivity index is 3.88. The van der Waals surface area contributed by atoms with Gasteiger partial charge in [0.05, 0.1) is 6.10 Å².